The molecule has 31 heteroatoms. The van der Waals surface area contributed by atoms with E-state index < -0.39 is 157 Å². The Morgan fingerprint density at radius 3 is 1.52 bits per heavy atom. The van der Waals surface area contributed by atoms with Gasteiger partial charge in [-0.25, -0.2) is 0 Å². The van der Waals surface area contributed by atoms with E-state index in [0.29, 0.717) is 5.56 Å². The van der Waals surface area contributed by atoms with Crippen LogP contribution in [-0.4, -0.2) is 199 Å². The maximum absolute atomic E-state index is 14.5. The average molecular weight is 1170 g/mol. The predicted octanol–water partition coefficient (Wildman–Crippen LogP) is -8.59. The van der Waals surface area contributed by atoms with Crippen LogP contribution in [0, 0.1) is 5.92 Å². The average Bonchev–Trinajstić information content (AvgIpc) is 3.43. The highest BCUT2D eigenvalue weighted by atomic mass is 32.1. The molecule has 456 valence electrons. The third kappa shape index (κ3) is 24.2. The molecule has 1 saturated heterocycles. The van der Waals surface area contributed by atoms with E-state index >= 15 is 0 Å². The molecule has 0 aromatic heterocycles. The Morgan fingerprint density at radius 1 is 0.580 bits per heavy atom. The fourth-order valence-corrected chi connectivity index (χ4v) is 8.40. The van der Waals surface area contributed by atoms with Gasteiger partial charge >= 0.3 is 0 Å². The molecule has 1 aliphatic heterocycles. The van der Waals surface area contributed by atoms with E-state index in [1.54, 1.807) is 44.2 Å². The predicted molar refractivity (Wildman–Crippen MR) is 300 cm³/mol. The van der Waals surface area contributed by atoms with E-state index in [-0.39, 0.29) is 89.3 Å². The van der Waals surface area contributed by atoms with E-state index in [1.807, 2.05) is 0 Å². The van der Waals surface area contributed by atoms with Gasteiger partial charge in [0.15, 0.2) is 0 Å². The number of nitrogens with one attached hydrogen (secondary N) is 11. The van der Waals surface area contributed by atoms with Gasteiger partial charge in [0.1, 0.15) is 60.4 Å². The summed E-state index contributed by atoms with van der Waals surface area (Å²) in [7, 11) is 0. The highest BCUT2D eigenvalue weighted by molar-refractivity contribution is 7.80. The molecule has 0 bridgehead atoms. The zero-order valence-electron chi connectivity index (χ0n) is 46.4. The zero-order valence-corrected chi connectivity index (χ0v) is 47.3. The number of hydrogen-bond donors (Lipinski definition) is 20. The number of benzene rings is 1. The topological polar surface area (TPSA) is 517 Å². The molecule has 13 atom stereocenters. The number of aliphatic hydroxyl groups is 2. The molecular weight excluding hydrogens is 1080 g/mol. The van der Waals surface area contributed by atoms with Crippen LogP contribution in [0.15, 0.2) is 30.3 Å². The van der Waals surface area contributed by atoms with Gasteiger partial charge in [-0.15, -0.1) is 0 Å². The van der Waals surface area contributed by atoms with Gasteiger partial charge in [-0.2, -0.15) is 12.6 Å². The molecule has 0 spiro atoms. The summed E-state index contributed by atoms with van der Waals surface area (Å²) in [5, 5.41) is 49.0. The minimum atomic E-state index is -1.75. The maximum atomic E-state index is 14.5. The second-order valence-corrected chi connectivity index (χ2v) is 20.4. The Hall–Kier alpha value is -6.58. The van der Waals surface area contributed by atoms with Gasteiger partial charge in [-0.05, 0) is 103 Å². The smallest absolute Gasteiger partial charge is 0.245 e. The van der Waals surface area contributed by atoms with Crippen molar-refractivity contribution in [1.82, 2.24) is 58.5 Å². The van der Waals surface area contributed by atoms with Crippen molar-refractivity contribution >= 4 is 77.6 Å². The fourth-order valence-electron chi connectivity index (χ4n) is 8.23. The van der Waals surface area contributed by atoms with Crippen molar-refractivity contribution in [2.45, 2.75) is 158 Å². The molecule has 30 nitrogen and oxygen atoms in total. The van der Waals surface area contributed by atoms with E-state index in [4.69, 9.17) is 34.4 Å². The van der Waals surface area contributed by atoms with Gasteiger partial charge < -0.3 is 103 Å². The van der Waals surface area contributed by atoms with Crippen molar-refractivity contribution < 1.29 is 63.0 Å². The van der Waals surface area contributed by atoms with E-state index in [0.717, 1.165) is 6.92 Å². The first-order valence-corrected chi connectivity index (χ1v) is 27.6. The highest BCUT2D eigenvalue weighted by Crippen LogP contribution is 2.11. The minimum Gasteiger partial charge on any atom is -0.391 e. The summed E-state index contributed by atoms with van der Waals surface area (Å²) in [6, 6.07) is -7.63. The quantitative estimate of drug-likeness (QED) is 0.0404. The molecule has 81 heavy (non-hydrogen) atoms. The van der Waals surface area contributed by atoms with Crippen LogP contribution in [0.5, 0.6) is 0 Å². The van der Waals surface area contributed by atoms with E-state index in [1.165, 1.54) is 6.92 Å². The van der Waals surface area contributed by atoms with Crippen LogP contribution >= 0.6 is 12.6 Å². The van der Waals surface area contributed by atoms with Crippen LogP contribution in [0.25, 0.3) is 0 Å². The molecule has 11 amide bonds. The Bertz CT molecular complexity index is 2250. The van der Waals surface area contributed by atoms with Crippen LogP contribution in [0.3, 0.4) is 0 Å². The monoisotopic (exact) mass is 1170 g/mol. The number of rotatable bonds is 25. The maximum Gasteiger partial charge on any atom is 0.245 e. The molecule has 2 rings (SSSR count). The number of thiol groups is 1. The first-order valence-electron chi connectivity index (χ1n) is 26.9. The fraction of sp³-hybridized carbons (Fsp3) is 0.660. The van der Waals surface area contributed by atoms with Crippen molar-refractivity contribution in [3.8, 4) is 0 Å². The second kappa shape index (κ2) is 36.7. The second-order valence-electron chi connectivity index (χ2n) is 20.0. The normalized spacial score (nSPS) is 23.4. The summed E-state index contributed by atoms with van der Waals surface area (Å²) in [6.07, 6.45) is -4.71. The molecule has 0 radical (unpaired) electrons. The van der Waals surface area contributed by atoms with E-state index in [9.17, 15) is 63.0 Å². The van der Waals surface area contributed by atoms with Gasteiger partial charge in [0.25, 0.3) is 0 Å². The number of aliphatic hydroxyl groups excluding tert-OH is 2. The van der Waals surface area contributed by atoms with E-state index in [2.05, 4.69) is 71.1 Å². The number of carbonyl (C=O) groups excluding carboxylic acids is 11. The lowest BCUT2D eigenvalue weighted by molar-refractivity contribution is -0.137. The first-order chi connectivity index (χ1) is 38.3. The molecule has 0 saturated carbocycles. The highest BCUT2D eigenvalue weighted by Gasteiger charge is 2.38. The summed E-state index contributed by atoms with van der Waals surface area (Å²) in [6.45, 7) is 4.62. The van der Waals surface area contributed by atoms with Crippen molar-refractivity contribution in [1.29, 1.82) is 0 Å². The Balaban J connectivity index is 2.73. The van der Waals surface area contributed by atoms with Crippen LogP contribution in [-0.2, 0) is 59.2 Å². The third-order valence-corrected chi connectivity index (χ3v) is 13.1. The van der Waals surface area contributed by atoms with Crippen molar-refractivity contribution in [3.05, 3.63) is 35.9 Å². The molecular formula is C50H87N17O13S. The number of nitrogens with two attached hydrogens (primary N) is 6. The van der Waals surface area contributed by atoms with Crippen molar-refractivity contribution in [3.63, 3.8) is 0 Å². The molecule has 13 unspecified atom stereocenters. The van der Waals surface area contributed by atoms with Crippen LogP contribution < -0.4 is 92.9 Å². The summed E-state index contributed by atoms with van der Waals surface area (Å²) in [5.74, 6) is -10.6. The molecule has 1 fully saturated rings. The van der Waals surface area contributed by atoms with Gasteiger partial charge in [-0.3, -0.25) is 52.7 Å². The lowest BCUT2D eigenvalue weighted by Crippen LogP contribution is -2.62. The lowest BCUT2D eigenvalue weighted by Gasteiger charge is -2.29. The van der Waals surface area contributed by atoms with Crippen molar-refractivity contribution in [2.75, 3.05) is 45.0 Å². The summed E-state index contributed by atoms with van der Waals surface area (Å²) in [4.78, 5) is 153. The molecule has 1 heterocycles. The standard InChI is InChI=1S/C50H87N17O13S/c1-25(2)22-36-47(77)61-30(10-16-51)41(71)60-34(14-20-55)46(76)66-38(26(3)68)49(79)57-21-15-35(44(74)59-31(11-17-52)43(73)65-37(48(78)64-36)23-28-8-6-5-7-9-28)62-42(72)32(12-18-53)63-50(80)39(27(4)69)67-45(75)33(13-19-54)58-40(70)29(56)24-81/h5-9,25-27,29-39,68-69,81H,10-24,51-56H2,1-4H3,(H,57,79)(H,58,70)(H,59,74)(H,60,71)(H,61,77)(H,62,72)(H,63,80)(H,64,78)(H,65,73)(H,66,76)(H,67,75). The minimum absolute atomic E-state index is 0.0394. The Morgan fingerprint density at radius 2 is 1.04 bits per heavy atom. The number of carbonyl (C=O) groups is 11. The molecule has 25 N–H and O–H groups in total. The van der Waals surface area contributed by atoms with Gasteiger partial charge in [0.2, 0.25) is 65.0 Å². The van der Waals surface area contributed by atoms with Crippen LogP contribution in [0.1, 0.15) is 78.2 Å². The number of hydrogen-bond acceptors (Lipinski definition) is 20. The summed E-state index contributed by atoms with van der Waals surface area (Å²) < 4.78 is 0. The summed E-state index contributed by atoms with van der Waals surface area (Å²) >= 11 is 3.99. The van der Waals surface area contributed by atoms with Gasteiger partial charge in [0.05, 0.1) is 18.2 Å². The van der Waals surface area contributed by atoms with Crippen LogP contribution in [0.4, 0.5) is 0 Å². The molecule has 1 aromatic rings. The van der Waals surface area contributed by atoms with Crippen LogP contribution in [0.2, 0.25) is 0 Å². The summed E-state index contributed by atoms with van der Waals surface area (Å²) in [5.41, 5.74) is 35.5. The molecule has 1 aliphatic rings. The van der Waals surface area contributed by atoms with Crippen molar-refractivity contribution in [2.24, 2.45) is 40.3 Å². The molecule has 1 aromatic carbocycles. The third-order valence-electron chi connectivity index (χ3n) is 12.7. The van der Waals surface area contributed by atoms with Gasteiger partial charge in [-0.1, -0.05) is 44.2 Å². The molecule has 0 aliphatic carbocycles. The largest absolute Gasteiger partial charge is 0.391 e. The SMILES string of the molecule is CC(C)CC1NC(=O)C(Cc2ccccc2)NC(=O)C(CCN)NC(=O)C(NC(=O)C(CCN)NC(=O)C(NC(=O)C(CCN)NC(=O)C(N)CS)C(C)O)CCNC(=O)C(C(C)O)NC(=O)C(CCN)NC(=O)C(CCN)NC1=O. The zero-order chi connectivity index (χ0) is 60.9. The first kappa shape index (κ1) is 70.5. The van der Waals surface area contributed by atoms with Gasteiger partial charge in [0, 0.05) is 18.7 Å². The Labute approximate surface area is 476 Å². The Kier molecular flexibility index (Phi) is 32.0. The number of amides is 11. The lowest BCUT2D eigenvalue weighted by atomic mass is 10.00.